The summed E-state index contributed by atoms with van der Waals surface area (Å²) in [6.07, 6.45) is 0. The summed E-state index contributed by atoms with van der Waals surface area (Å²) in [5, 5.41) is 15.9. The molecule has 0 aliphatic heterocycles. The van der Waals surface area contributed by atoms with Crippen LogP contribution in [0.4, 0.5) is 11.4 Å². The molecule has 0 unspecified atom stereocenters. The maximum atomic E-state index is 12.2. The van der Waals surface area contributed by atoms with Gasteiger partial charge in [0.25, 0.3) is 11.6 Å². The summed E-state index contributed by atoms with van der Waals surface area (Å²) in [5.74, 6) is -0.663. The van der Waals surface area contributed by atoms with Crippen molar-refractivity contribution in [2.45, 2.75) is 4.90 Å². The van der Waals surface area contributed by atoms with E-state index >= 15 is 0 Å². The average Bonchev–Trinajstić information content (AvgIpc) is 2.61. The number of rotatable bonds is 5. The maximum absolute atomic E-state index is 12.2. The summed E-state index contributed by atoms with van der Waals surface area (Å²) in [6.45, 7) is 0. The van der Waals surface area contributed by atoms with Crippen molar-refractivity contribution >= 4 is 56.2 Å². The first-order valence-corrected chi connectivity index (χ1v) is 9.84. The summed E-state index contributed by atoms with van der Waals surface area (Å²) in [7, 11) is -0.707. The lowest BCUT2D eigenvalue weighted by Gasteiger charge is -2.13. The van der Waals surface area contributed by atoms with Crippen molar-refractivity contribution in [2.24, 2.45) is 0 Å². The number of thiocarbonyl (C=S) groups is 1. The van der Waals surface area contributed by atoms with Gasteiger partial charge in [-0.25, -0.2) is 12.7 Å². The highest BCUT2D eigenvalue weighted by Gasteiger charge is 2.18. The van der Waals surface area contributed by atoms with Crippen LogP contribution in [0.25, 0.3) is 0 Å². The van der Waals surface area contributed by atoms with Gasteiger partial charge in [-0.15, -0.1) is 0 Å². The predicted molar refractivity (Wildman–Crippen MR) is 109 cm³/mol. The molecule has 0 radical (unpaired) electrons. The van der Waals surface area contributed by atoms with E-state index in [2.05, 4.69) is 10.6 Å². The molecule has 9 nitrogen and oxygen atoms in total. The number of nitro benzene ring substituents is 1. The molecule has 0 aliphatic carbocycles. The van der Waals surface area contributed by atoms with Crippen molar-refractivity contribution in [1.82, 2.24) is 9.62 Å². The number of sulfonamides is 1. The van der Waals surface area contributed by atoms with E-state index in [0.717, 1.165) is 10.4 Å². The number of carbonyl (C=O) groups excluding carboxylic acids is 1. The van der Waals surface area contributed by atoms with E-state index in [1.807, 2.05) is 0 Å². The molecule has 28 heavy (non-hydrogen) atoms. The summed E-state index contributed by atoms with van der Waals surface area (Å²) >= 11 is 10.8. The maximum Gasteiger partial charge on any atom is 0.288 e. The van der Waals surface area contributed by atoms with Gasteiger partial charge in [0.2, 0.25) is 10.0 Å². The Bertz CT molecular complexity index is 1040. The van der Waals surface area contributed by atoms with Crippen LogP contribution >= 0.6 is 23.8 Å². The molecule has 2 aromatic carbocycles. The summed E-state index contributed by atoms with van der Waals surface area (Å²) in [5.41, 5.74) is 0.0589. The number of nitrogens with one attached hydrogen (secondary N) is 2. The SMILES string of the molecule is CN(C)S(=O)(=O)c1ccc(NC(=S)NC(=O)c2ccc(Cl)c([N+](=O)[O-])c2)cc1. The van der Waals surface area contributed by atoms with Crippen LogP contribution in [0.3, 0.4) is 0 Å². The number of amides is 1. The molecular weight excluding hydrogens is 428 g/mol. The van der Waals surface area contributed by atoms with Gasteiger partial charge < -0.3 is 5.32 Å². The zero-order valence-electron chi connectivity index (χ0n) is 14.7. The molecule has 0 atom stereocenters. The topological polar surface area (TPSA) is 122 Å². The number of halogens is 1. The minimum atomic E-state index is -3.55. The molecule has 0 spiro atoms. The number of hydrogen-bond donors (Lipinski definition) is 2. The lowest BCUT2D eigenvalue weighted by atomic mass is 10.2. The average molecular weight is 443 g/mol. The van der Waals surface area contributed by atoms with Crippen molar-refractivity contribution in [3.63, 3.8) is 0 Å². The van der Waals surface area contributed by atoms with Gasteiger partial charge in [0.1, 0.15) is 5.02 Å². The Morgan fingerprint density at radius 1 is 1.18 bits per heavy atom. The molecule has 0 saturated carbocycles. The molecule has 0 saturated heterocycles. The fraction of sp³-hybridized carbons (Fsp3) is 0.125. The molecule has 12 heteroatoms. The van der Waals surface area contributed by atoms with Crippen LogP contribution in [0.5, 0.6) is 0 Å². The van der Waals surface area contributed by atoms with Crippen LogP contribution in [-0.2, 0) is 10.0 Å². The third-order valence-electron chi connectivity index (χ3n) is 3.52. The predicted octanol–water partition coefficient (Wildman–Crippen LogP) is 2.63. The Morgan fingerprint density at radius 3 is 2.32 bits per heavy atom. The molecule has 1 amide bonds. The highest BCUT2D eigenvalue weighted by atomic mass is 35.5. The van der Waals surface area contributed by atoms with E-state index < -0.39 is 26.5 Å². The standard InChI is InChI=1S/C16H15ClN4O5S2/c1-20(2)28(25,26)12-6-4-11(5-7-12)18-16(27)19-15(22)10-3-8-13(17)14(9-10)21(23)24/h3-9H,1-2H3,(H2,18,19,22,27). The van der Waals surface area contributed by atoms with E-state index in [9.17, 15) is 23.3 Å². The Hall–Kier alpha value is -2.60. The highest BCUT2D eigenvalue weighted by molar-refractivity contribution is 7.89. The van der Waals surface area contributed by atoms with Crippen LogP contribution in [0.15, 0.2) is 47.4 Å². The third-order valence-corrected chi connectivity index (χ3v) is 5.88. The zero-order chi connectivity index (χ0) is 21.1. The minimum absolute atomic E-state index is 0.00711. The Kier molecular flexibility index (Phi) is 6.67. The van der Waals surface area contributed by atoms with Crippen molar-refractivity contribution in [2.75, 3.05) is 19.4 Å². The first-order chi connectivity index (χ1) is 13.0. The normalized spacial score (nSPS) is 11.1. The van der Waals surface area contributed by atoms with E-state index in [0.29, 0.717) is 5.69 Å². The molecule has 148 valence electrons. The molecule has 0 aliphatic rings. The van der Waals surface area contributed by atoms with Gasteiger partial charge in [-0.2, -0.15) is 0 Å². The second kappa shape index (κ2) is 8.61. The molecule has 0 fully saturated rings. The summed E-state index contributed by atoms with van der Waals surface area (Å²) < 4.78 is 25.2. The Balaban J connectivity index is 2.07. The van der Waals surface area contributed by atoms with Crippen molar-refractivity contribution in [1.29, 1.82) is 0 Å². The van der Waals surface area contributed by atoms with Gasteiger partial charge in [0.15, 0.2) is 5.11 Å². The first kappa shape index (κ1) is 21.7. The van der Waals surface area contributed by atoms with E-state index in [1.54, 1.807) is 0 Å². The summed E-state index contributed by atoms with van der Waals surface area (Å²) in [4.78, 5) is 22.5. The van der Waals surface area contributed by atoms with Gasteiger partial charge >= 0.3 is 0 Å². The molecule has 0 aromatic heterocycles. The van der Waals surface area contributed by atoms with E-state index in [-0.39, 0.29) is 20.6 Å². The van der Waals surface area contributed by atoms with E-state index in [4.69, 9.17) is 23.8 Å². The van der Waals surface area contributed by atoms with Crippen LogP contribution in [0.1, 0.15) is 10.4 Å². The first-order valence-electron chi connectivity index (χ1n) is 7.61. The van der Waals surface area contributed by atoms with Crippen LogP contribution in [-0.4, -0.2) is 42.8 Å². The molecular formula is C16H15ClN4O5S2. The largest absolute Gasteiger partial charge is 0.332 e. The number of hydrogen-bond acceptors (Lipinski definition) is 6. The molecule has 0 heterocycles. The molecule has 2 N–H and O–H groups in total. The van der Waals surface area contributed by atoms with Crippen molar-refractivity contribution < 1.29 is 18.1 Å². The fourth-order valence-corrected chi connectivity index (χ4v) is 3.35. The van der Waals surface area contributed by atoms with Crippen LogP contribution in [0.2, 0.25) is 5.02 Å². The number of nitrogens with zero attached hydrogens (tertiary/aromatic N) is 2. The quantitative estimate of drug-likeness (QED) is 0.414. The number of nitro groups is 1. The highest BCUT2D eigenvalue weighted by Crippen LogP contribution is 2.25. The van der Waals surface area contributed by atoms with Gasteiger partial charge in [-0.1, -0.05) is 11.6 Å². The minimum Gasteiger partial charge on any atom is -0.332 e. The van der Waals surface area contributed by atoms with Crippen molar-refractivity contribution in [3.8, 4) is 0 Å². The second-order valence-electron chi connectivity index (χ2n) is 5.64. The van der Waals surface area contributed by atoms with E-state index in [1.165, 1.54) is 50.5 Å². The Labute approximate surface area is 171 Å². The lowest BCUT2D eigenvalue weighted by Crippen LogP contribution is -2.34. The smallest absolute Gasteiger partial charge is 0.288 e. The molecule has 2 aromatic rings. The van der Waals surface area contributed by atoms with Gasteiger partial charge in [0.05, 0.1) is 9.82 Å². The Morgan fingerprint density at radius 2 is 1.79 bits per heavy atom. The van der Waals surface area contributed by atoms with Crippen LogP contribution < -0.4 is 10.6 Å². The van der Waals surface area contributed by atoms with Crippen molar-refractivity contribution in [3.05, 3.63) is 63.2 Å². The third kappa shape index (κ3) is 5.01. The molecule has 0 bridgehead atoms. The van der Waals surface area contributed by atoms with Gasteiger partial charge in [-0.3, -0.25) is 20.2 Å². The van der Waals surface area contributed by atoms with Gasteiger partial charge in [-0.05, 0) is 48.6 Å². The fourth-order valence-electron chi connectivity index (χ4n) is 2.05. The number of benzene rings is 2. The van der Waals surface area contributed by atoms with Crippen LogP contribution in [0, 0.1) is 10.1 Å². The monoisotopic (exact) mass is 442 g/mol. The number of carbonyl (C=O) groups is 1. The molecule has 2 rings (SSSR count). The summed E-state index contributed by atoms with van der Waals surface area (Å²) in [6, 6.07) is 9.38. The van der Waals surface area contributed by atoms with Gasteiger partial charge in [0, 0.05) is 31.4 Å². The lowest BCUT2D eigenvalue weighted by molar-refractivity contribution is -0.384. The second-order valence-corrected chi connectivity index (χ2v) is 8.61. The zero-order valence-corrected chi connectivity index (χ0v) is 17.1. The number of anilines is 1.